The number of aliphatic carboxylic acids is 1. The van der Waals surface area contributed by atoms with Crippen LogP contribution < -0.4 is 0 Å². The minimum absolute atomic E-state index is 0.0594. The summed E-state index contributed by atoms with van der Waals surface area (Å²) in [4.78, 5) is 21.1. The fourth-order valence-electron chi connectivity index (χ4n) is 0.609. The highest BCUT2D eigenvalue weighted by Crippen LogP contribution is 2.20. The Morgan fingerprint density at radius 2 is 1.56 bits per heavy atom. The summed E-state index contributed by atoms with van der Waals surface area (Å²) in [6.07, 6.45) is 0.518. The number of hydrogen-bond acceptors (Lipinski definition) is 3. The highest BCUT2D eigenvalue weighted by Gasteiger charge is 2.25. The second kappa shape index (κ2) is 8.59. The topological polar surface area (TPSA) is 63.6 Å². The predicted molar refractivity (Wildman–Crippen MR) is 73.0 cm³/mol. The van der Waals surface area contributed by atoms with Gasteiger partial charge in [0.05, 0.1) is 10.8 Å². The molecule has 0 fully saturated rings. The number of ether oxygens (including phenoxy) is 1. The zero-order valence-corrected chi connectivity index (χ0v) is 13.1. The van der Waals surface area contributed by atoms with E-state index in [0.717, 1.165) is 0 Å². The fraction of sp³-hybridized carbons (Fsp3) is 0.833. The summed E-state index contributed by atoms with van der Waals surface area (Å²) < 4.78 is 4.53. The Bertz CT molecular complexity index is 270. The lowest BCUT2D eigenvalue weighted by atomic mass is 9.91. The normalized spacial score (nSPS) is 11.3. The highest BCUT2D eigenvalue weighted by atomic mass is 35.5. The quantitative estimate of drug-likeness (QED) is 0.637. The summed E-state index contributed by atoms with van der Waals surface area (Å²) in [5, 5.41) is 8.51. The van der Waals surface area contributed by atoms with Crippen LogP contribution in [0.4, 0.5) is 0 Å². The molecule has 0 rings (SSSR count). The number of carbonyl (C=O) groups excluding carboxylic acids is 1. The van der Waals surface area contributed by atoms with E-state index in [1.165, 1.54) is 0 Å². The molecular formula is C12H22Cl2O4. The second-order valence-electron chi connectivity index (χ2n) is 5.42. The van der Waals surface area contributed by atoms with E-state index in [4.69, 9.17) is 28.3 Å². The average Bonchev–Trinajstić information content (AvgIpc) is 2.17. The summed E-state index contributed by atoms with van der Waals surface area (Å²) in [6.45, 7) is 8.67. The third kappa shape index (κ3) is 9.54. The fourth-order valence-corrected chi connectivity index (χ4v) is 1.18. The largest absolute Gasteiger partial charge is 0.481 e. The maximum absolute atomic E-state index is 10.8. The lowest BCUT2D eigenvalue weighted by Gasteiger charge is -2.16. The first-order valence-electron chi connectivity index (χ1n) is 5.51. The van der Waals surface area contributed by atoms with Crippen molar-refractivity contribution in [1.29, 1.82) is 0 Å². The van der Waals surface area contributed by atoms with Crippen molar-refractivity contribution in [2.75, 3.05) is 11.9 Å². The third-order valence-corrected chi connectivity index (χ3v) is 2.39. The molecule has 6 heteroatoms. The predicted octanol–water partition coefficient (Wildman–Crippen LogP) is 3.50. The SMILES string of the molecule is CC(C)(C)C(=O)OCCl.CC(C)(CCCl)C(=O)O. The molecule has 0 heterocycles. The summed E-state index contributed by atoms with van der Waals surface area (Å²) in [7, 11) is 0. The van der Waals surface area contributed by atoms with Crippen LogP contribution in [0.2, 0.25) is 0 Å². The highest BCUT2D eigenvalue weighted by molar-refractivity contribution is 6.18. The van der Waals surface area contributed by atoms with Crippen LogP contribution in [0.15, 0.2) is 0 Å². The molecule has 0 amide bonds. The van der Waals surface area contributed by atoms with E-state index in [2.05, 4.69) is 4.74 Å². The molecule has 0 unspecified atom stereocenters. The van der Waals surface area contributed by atoms with Gasteiger partial charge in [0.25, 0.3) is 0 Å². The molecule has 108 valence electrons. The maximum atomic E-state index is 10.8. The lowest BCUT2D eigenvalue weighted by Crippen LogP contribution is -2.23. The molecule has 0 saturated carbocycles. The summed E-state index contributed by atoms with van der Waals surface area (Å²) >= 11 is 10.5. The Balaban J connectivity index is 0. The van der Waals surface area contributed by atoms with Gasteiger partial charge in [-0.15, -0.1) is 11.6 Å². The number of alkyl halides is 2. The summed E-state index contributed by atoms with van der Waals surface area (Å²) in [5.41, 5.74) is -1.10. The molecule has 4 nitrogen and oxygen atoms in total. The van der Waals surface area contributed by atoms with Gasteiger partial charge < -0.3 is 9.84 Å². The lowest BCUT2D eigenvalue weighted by molar-refractivity contribution is -0.150. The van der Waals surface area contributed by atoms with Gasteiger partial charge in [0, 0.05) is 5.88 Å². The van der Waals surface area contributed by atoms with Gasteiger partial charge in [0.2, 0.25) is 0 Å². The van der Waals surface area contributed by atoms with Crippen LogP contribution in [-0.2, 0) is 14.3 Å². The minimum Gasteiger partial charge on any atom is -0.481 e. The van der Waals surface area contributed by atoms with Crippen LogP contribution in [0.25, 0.3) is 0 Å². The van der Waals surface area contributed by atoms with Crippen molar-refractivity contribution in [3.8, 4) is 0 Å². The number of carboxylic acids is 1. The zero-order chi connectivity index (χ0) is 15.0. The van der Waals surface area contributed by atoms with Crippen LogP contribution in [0, 0.1) is 10.8 Å². The van der Waals surface area contributed by atoms with E-state index in [9.17, 15) is 9.59 Å². The molecular weight excluding hydrogens is 279 g/mol. The first-order chi connectivity index (χ1) is 7.99. The Morgan fingerprint density at radius 1 is 1.11 bits per heavy atom. The number of carboxylic acid groups (broad SMARTS) is 1. The first kappa shape index (κ1) is 19.9. The molecule has 0 aromatic rings. The molecule has 18 heavy (non-hydrogen) atoms. The van der Waals surface area contributed by atoms with Crippen molar-refractivity contribution < 1.29 is 19.4 Å². The van der Waals surface area contributed by atoms with Crippen LogP contribution >= 0.6 is 23.2 Å². The number of rotatable bonds is 4. The Hall–Kier alpha value is -0.480. The van der Waals surface area contributed by atoms with E-state index in [0.29, 0.717) is 12.3 Å². The van der Waals surface area contributed by atoms with Crippen molar-refractivity contribution in [3.63, 3.8) is 0 Å². The van der Waals surface area contributed by atoms with E-state index in [1.54, 1.807) is 34.6 Å². The number of hydrogen-bond donors (Lipinski definition) is 1. The van der Waals surface area contributed by atoms with Crippen LogP contribution in [-0.4, -0.2) is 29.0 Å². The van der Waals surface area contributed by atoms with Crippen molar-refractivity contribution in [2.24, 2.45) is 10.8 Å². The summed E-state index contributed by atoms with van der Waals surface area (Å²) in [5.74, 6) is -0.653. The molecule has 0 radical (unpaired) electrons. The van der Waals surface area contributed by atoms with Gasteiger partial charge >= 0.3 is 11.9 Å². The molecule has 0 saturated heterocycles. The number of halogens is 2. The molecule has 0 aliphatic heterocycles. The van der Waals surface area contributed by atoms with Gasteiger partial charge in [0.15, 0.2) is 6.07 Å². The zero-order valence-electron chi connectivity index (χ0n) is 11.5. The van der Waals surface area contributed by atoms with Gasteiger partial charge in [-0.05, 0) is 41.0 Å². The molecule has 0 bridgehead atoms. The molecule has 0 atom stereocenters. The van der Waals surface area contributed by atoms with Crippen molar-refractivity contribution in [2.45, 2.75) is 41.0 Å². The smallest absolute Gasteiger partial charge is 0.312 e. The molecule has 0 aromatic carbocycles. The average molecular weight is 301 g/mol. The molecule has 0 aromatic heterocycles. The maximum Gasteiger partial charge on any atom is 0.312 e. The van der Waals surface area contributed by atoms with Crippen molar-refractivity contribution in [1.82, 2.24) is 0 Å². The minimum atomic E-state index is -0.789. The monoisotopic (exact) mass is 300 g/mol. The Morgan fingerprint density at radius 3 is 1.67 bits per heavy atom. The van der Waals surface area contributed by atoms with Crippen LogP contribution in [0.3, 0.4) is 0 Å². The second-order valence-corrected chi connectivity index (χ2v) is 6.02. The van der Waals surface area contributed by atoms with Gasteiger partial charge in [-0.3, -0.25) is 9.59 Å². The van der Waals surface area contributed by atoms with Gasteiger partial charge in [0.1, 0.15) is 0 Å². The van der Waals surface area contributed by atoms with E-state index in [-0.39, 0.29) is 12.0 Å². The van der Waals surface area contributed by atoms with Crippen LogP contribution in [0.1, 0.15) is 41.0 Å². The third-order valence-electron chi connectivity index (χ3n) is 2.10. The van der Waals surface area contributed by atoms with Gasteiger partial charge in [-0.25, -0.2) is 0 Å². The molecule has 0 aliphatic carbocycles. The molecule has 0 spiro atoms. The number of carbonyl (C=O) groups is 2. The van der Waals surface area contributed by atoms with E-state index in [1.807, 2.05) is 0 Å². The van der Waals surface area contributed by atoms with Crippen LogP contribution in [0.5, 0.6) is 0 Å². The standard InChI is InChI=1S/2C6H11ClO2/c1-6(2,3)5(8)9-4-7;1-6(2,3-4-7)5(8)9/h4H2,1-3H3;3-4H2,1-2H3,(H,8,9). The van der Waals surface area contributed by atoms with E-state index < -0.39 is 16.8 Å². The van der Waals surface area contributed by atoms with Gasteiger partial charge in [-0.2, -0.15) is 0 Å². The van der Waals surface area contributed by atoms with Crippen molar-refractivity contribution in [3.05, 3.63) is 0 Å². The van der Waals surface area contributed by atoms with Gasteiger partial charge in [-0.1, -0.05) is 11.6 Å². The Kier molecular flexibility index (Phi) is 9.48. The molecule has 1 N–H and O–H groups in total. The Labute approximate surface area is 119 Å². The first-order valence-corrected chi connectivity index (χ1v) is 6.58. The number of esters is 1. The van der Waals surface area contributed by atoms with Crippen molar-refractivity contribution >= 4 is 35.1 Å². The summed E-state index contributed by atoms with van der Waals surface area (Å²) in [6, 6.07) is -0.0594. The van der Waals surface area contributed by atoms with E-state index >= 15 is 0 Å². The molecule has 0 aliphatic rings.